The smallest absolute Gasteiger partial charge is 0.370 e. The largest absolute Gasteiger partial charge is 0.478 e. The Hall–Kier alpha value is -4.51. The number of aliphatic hydroxyl groups is 2. The number of carbonyl (C=O) groups excluding carboxylic acids is 2. The molecule has 2 aromatic heterocycles. The maximum atomic E-state index is 11.7. The maximum absolute atomic E-state index is 11.7. The van der Waals surface area contributed by atoms with Gasteiger partial charge in [0.1, 0.15) is 24.9 Å². The van der Waals surface area contributed by atoms with Crippen molar-refractivity contribution >= 4 is 23.9 Å². The molecule has 0 radical (unpaired) electrons. The van der Waals surface area contributed by atoms with E-state index in [2.05, 4.69) is 30.7 Å². The monoisotopic (exact) mass is 493 g/mol. The molecule has 0 bridgehead atoms. The predicted octanol–water partition coefficient (Wildman–Crippen LogP) is -3.35. The number of nitrogens with zero attached hydrogens (tertiary/aromatic N) is 5. The van der Waals surface area contributed by atoms with Crippen LogP contribution in [0.4, 0.5) is 10.7 Å². The first-order chi connectivity index (χ1) is 16.5. The number of nitrogen functional groups attached to an aromatic ring is 1. The van der Waals surface area contributed by atoms with Gasteiger partial charge in [0.15, 0.2) is 0 Å². The highest BCUT2D eigenvalue weighted by atomic mass is 16.5. The number of rotatable bonds is 9. The van der Waals surface area contributed by atoms with Crippen molar-refractivity contribution in [1.82, 2.24) is 35.4 Å². The molecule has 0 aliphatic carbocycles. The van der Waals surface area contributed by atoms with E-state index in [4.69, 9.17) is 20.9 Å². The first kappa shape index (κ1) is 25.1. The number of anilines is 1. The van der Waals surface area contributed by atoms with E-state index in [1.807, 2.05) is 0 Å². The molecule has 2 aromatic rings. The number of carboxylic acids is 1. The predicted molar refractivity (Wildman–Crippen MR) is 114 cm³/mol. The average Bonchev–Trinajstić information content (AvgIpc) is 3.32. The highest BCUT2D eigenvalue weighted by Gasteiger charge is 2.44. The molecule has 0 unspecified atom stereocenters. The lowest BCUT2D eigenvalue weighted by Crippen LogP contribution is -2.64. The Labute approximate surface area is 196 Å². The van der Waals surface area contributed by atoms with E-state index in [0.717, 1.165) is 13.0 Å². The molecule has 9 N–H and O–H groups in total. The molecular formula is C18H23N9O8. The fraction of sp³-hybridized carbons (Fsp3) is 0.389. The molecule has 0 aromatic carbocycles. The second-order valence-corrected chi connectivity index (χ2v) is 7.27. The Bertz CT molecular complexity index is 1110. The summed E-state index contributed by atoms with van der Waals surface area (Å²) < 4.78 is 11.9. The number of primary amides is 1. The van der Waals surface area contributed by atoms with E-state index in [-0.39, 0.29) is 17.9 Å². The molecule has 3 amide bonds. The minimum Gasteiger partial charge on any atom is -0.478 e. The van der Waals surface area contributed by atoms with Gasteiger partial charge in [-0.05, 0) is 12.1 Å². The molecule has 3 rings (SSSR count). The second kappa shape index (κ2) is 10.6. The summed E-state index contributed by atoms with van der Waals surface area (Å²) in [6.45, 7) is 0.555. The number of carbonyl (C=O) groups is 3. The van der Waals surface area contributed by atoms with E-state index >= 15 is 0 Å². The van der Waals surface area contributed by atoms with Crippen LogP contribution in [-0.2, 0) is 14.3 Å². The number of nitrogens with two attached hydrogens (primary N) is 2. The normalized spacial score (nSPS) is 21.1. The fourth-order valence-electron chi connectivity index (χ4n) is 3.23. The van der Waals surface area contributed by atoms with Crippen LogP contribution in [0.2, 0.25) is 0 Å². The number of aliphatic hydroxyl groups excluding tert-OH is 2. The lowest BCUT2D eigenvalue weighted by atomic mass is 9.92. The van der Waals surface area contributed by atoms with Gasteiger partial charge in [-0.15, -0.1) is 0 Å². The standard InChI is InChI=1S/C18H23N9O8/c1-7(28)22-11-8(23-16(20)33)5-10(14(31)32)35-13(11)12(30)9(29)6-34-18-25-15(19)24-17(26-18)27-4-2-3-21-27/h2-5,8-9,11-13,29-30H,6H2,1H3,(H,22,28)(H,31,32)(H3,20,23,33)(H2,19,24,25,26)/t8-,9+,11+,12+,13+/m0/s1. The molecule has 0 saturated carbocycles. The molecule has 17 nitrogen and oxygen atoms in total. The van der Waals surface area contributed by atoms with Crippen molar-refractivity contribution in [2.45, 2.75) is 37.3 Å². The van der Waals surface area contributed by atoms with Gasteiger partial charge in [0, 0.05) is 19.3 Å². The van der Waals surface area contributed by atoms with E-state index in [0.29, 0.717) is 0 Å². The zero-order valence-corrected chi connectivity index (χ0v) is 18.2. The van der Waals surface area contributed by atoms with Crippen LogP contribution < -0.4 is 26.8 Å². The number of hydrogen-bond donors (Lipinski definition) is 7. The fourth-order valence-corrected chi connectivity index (χ4v) is 3.23. The minimum absolute atomic E-state index is 0.0329. The summed E-state index contributed by atoms with van der Waals surface area (Å²) in [6.07, 6.45) is -1.03. The summed E-state index contributed by atoms with van der Waals surface area (Å²) in [6, 6.07) is -2.07. The summed E-state index contributed by atoms with van der Waals surface area (Å²) in [5.74, 6) is -2.91. The molecule has 1 aliphatic heterocycles. The van der Waals surface area contributed by atoms with E-state index < -0.39 is 60.7 Å². The topological polar surface area (TPSA) is 263 Å². The molecule has 188 valence electrons. The zero-order chi connectivity index (χ0) is 25.7. The summed E-state index contributed by atoms with van der Waals surface area (Å²) in [7, 11) is 0. The van der Waals surface area contributed by atoms with Gasteiger partial charge >= 0.3 is 18.0 Å². The van der Waals surface area contributed by atoms with Crippen molar-refractivity contribution in [3.8, 4) is 12.0 Å². The second-order valence-electron chi connectivity index (χ2n) is 7.27. The zero-order valence-electron chi connectivity index (χ0n) is 18.2. The summed E-state index contributed by atoms with van der Waals surface area (Å²) in [5.41, 5.74) is 10.8. The van der Waals surface area contributed by atoms with Gasteiger partial charge in [0.25, 0.3) is 5.95 Å². The first-order valence-corrected chi connectivity index (χ1v) is 10.0. The van der Waals surface area contributed by atoms with Crippen LogP contribution in [0.5, 0.6) is 6.01 Å². The summed E-state index contributed by atoms with van der Waals surface area (Å²) >= 11 is 0. The van der Waals surface area contributed by atoms with Crippen molar-refractivity contribution < 1.29 is 39.2 Å². The van der Waals surface area contributed by atoms with Crippen molar-refractivity contribution in [1.29, 1.82) is 0 Å². The van der Waals surface area contributed by atoms with Crippen LogP contribution in [-0.4, -0.2) is 95.0 Å². The Balaban J connectivity index is 1.78. The lowest BCUT2D eigenvalue weighted by Gasteiger charge is -2.39. The Morgan fingerprint density at radius 2 is 2.00 bits per heavy atom. The quantitative estimate of drug-likeness (QED) is 0.180. The third-order valence-electron chi connectivity index (χ3n) is 4.67. The molecule has 17 heteroatoms. The van der Waals surface area contributed by atoms with Gasteiger partial charge in [-0.3, -0.25) is 4.79 Å². The van der Waals surface area contributed by atoms with Crippen LogP contribution in [0.25, 0.3) is 5.95 Å². The van der Waals surface area contributed by atoms with Gasteiger partial charge < -0.3 is 46.9 Å². The first-order valence-electron chi connectivity index (χ1n) is 10.0. The third kappa shape index (κ3) is 6.30. The number of aromatic nitrogens is 5. The lowest BCUT2D eigenvalue weighted by molar-refractivity contribution is -0.145. The van der Waals surface area contributed by atoms with Crippen molar-refractivity contribution in [2.75, 3.05) is 12.3 Å². The van der Waals surface area contributed by atoms with E-state index in [9.17, 15) is 29.7 Å². The van der Waals surface area contributed by atoms with Crippen LogP contribution in [0.1, 0.15) is 6.92 Å². The van der Waals surface area contributed by atoms with Crippen molar-refractivity contribution in [3.63, 3.8) is 0 Å². The van der Waals surface area contributed by atoms with E-state index in [1.165, 1.54) is 10.9 Å². The number of urea groups is 1. The number of hydrogen-bond acceptors (Lipinski definition) is 12. The highest BCUT2D eigenvalue weighted by molar-refractivity contribution is 5.85. The number of ether oxygens (including phenoxy) is 2. The molecule has 35 heavy (non-hydrogen) atoms. The van der Waals surface area contributed by atoms with Gasteiger partial charge in [-0.2, -0.15) is 20.1 Å². The molecule has 0 saturated heterocycles. The van der Waals surface area contributed by atoms with Crippen molar-refractivity contribution in [3.05, 3.63) is 30.3 Å². The summed E-state index contributed by atoms with van der Waals surface area (Å²) in [5, 5.41) is 39.3. The van der Waals surface area contributed by atoms with Gasteiger partial charge in [-0.25, -0.2) is 14.3 Å². The molecule has 1 aliphatic rings. The Morgan fingerprint density at radius 3 is 2.60 bits per heavy atom. The molecule has 0 spiro atoms. The van der Waals surface area contributed by atoms with Crippen molar-refractivity contribution in [2.24, 2.45) is 5.73 Å². The average molecular weight is 493 g/mol. The van der Waals surface area contributed by atoms with Gasteiger partial charge in [-0.1, -0.05) is 0 Å². The van der Waals surface area contributed by atoms with E-state index in [1.54, 1.807) is 12.3 Å². The number of nitrogens with one attached hydrogen (secondary N) is 2. The number of aliphatic carboxylic acids is 1. The number of carboxylic acid groups (broad SMARTS) is 1. The van der Waals surface area contributed by atoms with Crippen LogP contribution in [0.3, 0.4) is 0 Å². The summed E-state index contributed by atoms with van der Waals surface area (Å²) in [4.78, 5) is 46.3. The molecule has 0 fully saturated rings. The van der Waals surface area contributed by atoms with Crippen LogP contribution in [0.15, 0.2) is 30.3 Å². The Morgan fingerprint density at radius 1 is 1.26 bits per heavy atom. The number of amides is 3. The van der Waals surface area contributed by atoms with Crippen LogP contribution >= 0.6 is 0 Å². The SMILES string of the molecule is CC(=O)N[C@H]1[C@H]([C@H](O)[C@H](O)COc2nc(N)nc(-n3cccn3)n2)OC(C(=O)O)=C[C@@H]1NC(N)=O. The maximum Gasteiger partial charge on any atom is 0.370 e. The molecule has 5 atom stereocenters. The third-order valence-corrected chi connectivity index (χ3v) is 4.67. The Kier molecular flexibility index (Phi) is 7.62. The minimum atomic E-state index is -1.82. The van der Waals surface area contributed by atoms with Crippen LogP contribution in [0, 0.1) is 0 Å². The highest BCUT2D eigenvalue weighted by Crippen LogP contribution is 2.23. The van der Waals surface area contributed by atoms with Gasteiger partial charge in [0.05, 0.1) is 12.1 Å². The van der Waals surface area contributed by atoms with Gasteiger partial charge in [0.2, 0.25) is 17.6 Å². The molecule has 3 heterocycles. The molecular weight excluding hydrogens is 470 g/mol.